The number of halogens is 3. The molecule has 2 aromatic rings. The Morgan fingerprint density at radius 1 is 0.885 bits per heavy atom. The van der Waals surface area contributed by atoms with Crippen LogP contribution < -0.4 is 10.6 Å². The third-order valence-electron chi connectivity index (χ3n) is 4.39. The summed E-state index contributed by atoms with van der Waals surface area (Å²) in [4.78, 5) is 8.46. The van der Waals surface area contributed by atoms with Gasteiger partial charge in [-0.25, -0.2) is 13.2 Å². The molecule has 0 amide bonds. The van der Waals surface area contributed by atoms with Crippen LogP contribution in [0.25, 0.3) is 0 Å². The SMILES string of the molecule is NC(=NCCc1cc(F)cc(F)c1)N1CCN(c2ccc(F)cc2)CC1. The molecule has 1 aliphatic heterocycles. The summed E-state index contributed by atoms with van der Waals surface area (Å²) in [7, 11) is 0. The number of hydrogen-bond acceptors (Lipinski definition) is 2. The lowest BCUT2D eigenvalue weighted by molar-refractivity contribution is 0.381. The lowest BCUT2D eigenvalue weighted by Gasteiger charge is -2.36. The molecular formula is C19H21F3N4. The van der Waals surface area contributed by atoms with Crippen molar-refractivity contribution >= 4 is 11.6 Å². The molecule has 0 atom stereocenters. The Hall–Kier alpha value is -2.70. The van der Waals surface area contributed by atoms with E-state index in [-0.39, 0.29) is 5.82 Å². The number of guanidine groups is 1. The molecule has 0 saturated carbocycles. The third-order valence-corrected chi connectivity index (χ3v) is 4.39. The van der Waals surface area contributed by atoms with E-state index in [1.165, 1.54) is 24.3 Å². The van der Waals surface area contributed by atoms with Crippen LogP contribution in [-0.2, 0) is 6.42 Å². The van der Waals surface area contributed by atoms with Crippen LogP contribution >= 0.6 is 0 Å². The summed E-state index contributed by atoms with van der Waals surface area (Å²) < 4.78 is 39.3. The Morgan fingerprint density at radius 2 is 1.50 bits per heavy atom. The van der Waals surface area contributed by atoms with Gasteiger partial charge in [-0.1, -0.05) is 0 Å². The van der Waals surface area contributed by atoms with Gasteiger partial charge in [0.2, 0.25) is 0 Å². The number of benzene rings is 2. The molecule has 1 fully saturated rings. The van der Waals surface area contributed by atoms with Crippen LogP contribution in [0.15, 0.2) is 47.5 Å². The first kappa shape index (κ1) is 18.1. The zero-order chi connectivity index (χ0) is 18.5. The van der Waals surface area contributed by atoms with Gasteiger partial charge in [-0.15, -0.1) is 0 Å². The number of anilines is 1. The molecule has 0 radical (unpaired) electrons. The lowest BCUT2D eigenvalue weighted by atomic mass is 10.1. The molecule has 4 nitrogen and oxygen atoms in total. The topological polar surface area (TPSA) is 44.9 Å². The van der Waals surface area contributed by atoms with Gasteiger partial charge in [0.15, 0.2) is 5.96 Å². The molecule has 0 aliphatic carbocycles. The maximum absolute atomic E-state index is 13.2. The van der Waals surface area contributed by atoms with Crippen molar-refractivity contribution in [3.8, 4) is 0 Å². The van der Waals surface area contributed by atoms with E-state index in [0.29, 0.717) is 37.6 Å². The van der Waals surface area contributed by atoms with Gasteiger partial charge in [0.1, 0.15) is 17.5 Å². The van der Waals surface area contributed by atoms with Crippen LogP contribution in [0.3, 0.4) is 0 Å². The fraction of sp³-hybridized carbons (Fsp3) is 0.316. The molecule has 26 heavy (non-hydrogen) atoms. The number of nitrogens with two attached hydrogens (primary N) is 1. The van der Waals surface area contributed by atoms with Crippen molar-refractivity contribution in [2.45, 2.75) is 6.42 Å². The smallest absolute Gasteiger partial charge is 0.191 e. The first-order valence-corrected chi connectivity index (χ1v) is 8.51. The Labute approximate surface area is 150 Å². The summed E-state index contributed by atoms with van der Waals surface area (Å²) >= 11 is 0. The van der Waals surface area contributed by atoms with Crippen molar-refractivity contribution < 1.29 is 13.2 Å². The van der Waals surface area contributed by atoms with Crippen LogP contribution in [-0.4, -0.2) is 43.6 Å². The third kappa shape index (κ3) is 4.68. The normalized spacial score (nSPS) is 15.4. The van der Waals surface area contributed by atoms with E-state index in [9.17, 15) is 13.2 Å². The predicted octanol–water partition coefficient (Wildman–Crippen LogP) is 2.78. The molecule has 138 valence electrons. The van der Waals surface area contributed by atoms with Crippen molar-refractivity contribution in [3.63, 3.8) is 0 Å². The molecule has 0 aromatic heterocycles. The molecule has 7 heteroatoms. The number of rotatable bonds is 4. The van der Waals surface area contributed by atoms with E-state index in [4.69, 9.17) is 5.73 Å². The summed E-state index contributed by atoms with van der Waals surface area (Å²) in [5, 5.41) is 0. The average molecular weight is 362 g/mol. The minimum Gasteiger partial charge on any atom is -0.370 e. The maximum Gasteiger partial charge on any atom is 0.191 e. The summed E-state index contributed by atoms with van der Waals surface area (Å²) in [5.41, 5.74) is 7.57. The first-order chi connectivity index (χ1) is 12.5. The van der Waals surface area contributed by atoms with Gasteiger partial charge in [-0.05, 0) is 48.4 Å². The zero-order valence-corrected chi connectivity index (χ0v) is 14.3. The number of piperazine rings is 1. The average Bonchev–Trinajstić information content (AvgIpc) is 2.62. The molecule has 2 N–H and O–H groups in total. The molecule has 0 bridgehead atoms. The summed E-state index contributed by atoms with van der Waals surface area (Å²) in [5.74, 6) is -0.995. The molecule has 3 rings (SSSR count). The lowest BCUT2D eigenvalue weighted by Crippen LogP contribution is -2.51. The van der Waals surface area contributed by atoms with Gasteiger partial charge >= 0.3 is 0 Å². The second-order valence-electron chi connectivity index (χ2n) is 6.22. The van der Waals surface area contributed by atoms with Crippen LogP contribution in [0.5, 0.6) is 0 Å². The Balaban J connectivity index is 1.50. The maximum atomic E-state index is 13.2. The fourth-order valence-corrected chi connectivity index (χ4v) is 3.00. The number of aliphatic imine (C=N–C) groups is 1. The highest BCUT2D eigenvalue weighted by atomic mass is 19.1. The monoisotopic (exact) mass is 362 g/mol. The highest BCUT2D eigenvalue weighted by molar-refractivity contribution is 5.78. The Bertz CT molecular complexity index is 749. The number of nitrogens with zero attached hydrogens (tertiary/aromatic N) is 3. The van der Waals surface area contributed by atoms with Crippen molar-refractivity contribution in [2.75, 3.05) is 37.6 Å². The van der Waals surface area contributed by atoms with E-state index in [1.807, 2.05) is 4.90 Å². The van der Waals surface area contributed by atoms with Crippen molar-refractivity contribution in [1.82, 2.24) is 4.90 Å². The molecular weight excluding hydrogens is 341 g/mol. The van der Waals surface area contributed by atoms with Gasteiger partial charge in [-0.2, -0.15) is 0 Å². The van der Waals surface area contributed by atoms with Gasteiger partial charge in [0.05, 0.1) is 0 Å². The minimum absolute atomic E-state index is 0.248. The van der Waals surface area contributed by atoms with Crippen LogP contribution in [0.2, 0.25) is 0 Å². The Kier molecular flexibility index (Phi) is 5.65. The molecule has 1 aliphatic rings. The van der Waals surface area contributed by atoms with Gasteiger partial charge in [0.25, 0.3) is 0 Å². The van der Waals surface area contributed by atoms with Gasteiger partial charge < -0.3 is 15.5 Å². The van der Waals surface area contributed by atoms with E-state index >= 15 is 0 Å². The van der Waals surface area contributed by atoms with E-state index in [0.717, 1.165) is 24.8 Å². The van der Waals surface area contributed by atoms with E-state index in [1.54, 1.807) is 12.1 Å². The standard InChI is InChI=1S/C19H21F3N4/c20-15-1-3-18(4-2-15)25-7-9-26(10-8-25)19(23)24-6-5-14-11-16(21)13-17(22)12-14/h1-4,11-13H,5-10H2,(H2,23,24). The highest BCUT2D eigenvalue weighted by Crippen LogP contribution is 2.17. The first-order valence-electron chi connectivity index (χ1n) is 8.51. The van der Waals surface area contributed by atoms with Crippen LogP contribution in [0, 0.1) is 17.5 Å². The van der Waals surface area contributed by atoms with Gasteiger partial charge in [0, 0.05) is 44.5 Å². The quantitative estimate of drug-likeness (QED) is 0.672. The molecule has 0 spiro atoms. The summed E-state index contributed by atoms with van der Waals surface area (Å²) in [6.07, 6.45) is 0.422. The zero-order valence-electron chi connectivity index (χ0n) is 14.3. The van der Waals surface area contributed by atoms with Crippen LogP contribution in [0.4, 0.5) is 18.9 Å². The van der Waals surface area contributed by atoms with Crippen molar-refractivity contribution in [2.24, 2.45) is 10.7 Å². The number of hydrogen-bond donors (Lipinski definition) is 1. The largest absolute Gasteiger partial charge is 0.370 e. The minimum atomic E-state index is -0.589. The fourth-order valence-electron chi connectivity index (χ4n) is 3.00. The van der Waals surface area contributed by atoms with Crippen LogP contribution in [0.1, 0.15) is 5.56 Å². The second-order valence-corrected chi connectivity index (χ2v) is 6.22. The molecule has 1 saturated heterocycles. The van der Waals surface area contributed by atoms with E-state index < -0.39 is 11.6 Å². The van der Waals surface area contributed by atoms with E-state index in [2.05, 4.69) is 9.89 Å². The molecule has 2 aromatic carbocycles. The Morgan fingerprint density at radius 3 is 2.12 bits per heavy atom. The van der Waals surface area contributed by atoms with Crippen molar-refractivity contribution in [3.05, 3.63) is 65.5 Å². The second kappa shape index (κ2) is 8.12. The summed E-state index contributed by atoms with van der Waals surface area (Å²) in [6.45, 7) is 3.31. The van der Waals surface area contributed by atoms with Gasteiger partial charge in [-0.3, -0.25) is 4.99 Å². The summed E-state index contributed by atoms with van der Waals surface area (Å²) in [6, 6.07) is 9.88. The molecule has 0 unspecified atom stereocenters. The van der Waals surface area contributed by atoms with Crippen molar-refractivity contribution in [1.29, 1.82) is 0 Å². The molecule has 1 heterocycles. The predicted molar refractivity (Wildman–Crippen MR) is 96.7 cm³/mol. The highest BCUT2D eigenvalue weighted by Gasteiger charge is 2.18.